The van der Waals surface area contributed by atoms with Crippen LogP contribution < -0.4 is 15.0 Å². The molecular weight excluding hydrogens is 574 g/mol. The molecule has 3 aromatic rings. The highest BCUT2D eigenvalue weighted by Crippen LogP contribution is 2.29. The van der Waals surface area contributed by atoms with Crippen molar-refractivity contribution in [2.75, 3.05) is 69.3 Å². The summed E-state index contributed by atoms with van der Waals surface area (Å²) in [7, 11) is 0. The van der Waals surface area contributed by atoms with Crippen LogP contribution in [0.4, 0.5) is 26.1 Å². The van der Waals surface area contributed by atoms with Crippen LogP contribution in [0.15, 0.2) is 42.7 Å². The molecule has 4 heterocycles. The van der Waals surface area contributed by atoms with E-state index in [1.165, 1.54) is 23.4 Å². The van der Waals surface area contributed by atoms with Crippen molar-refractivity contribution in [1.82, 2.24) is 24.8 Å². The van der Waals surface area contributed by atoms with E-state index in [4.69, 9.17) is 14.6 Å². The van der Waals surface area contributed by atoms with Gasteiger partial charge in [-0.1, -0.05) is 0 Å². The third-order valence-corrected chi connectivity index (χ3v) is 8.19. The van der Waals surface area contributed by atoms with Crippen LogP contribution in [-0.4, -0.2) is 113 Å². The number of halogens is 2. The van der Waals surface area contributed by atoms with Gasteiger partial charge in [0.1, 0.15) is 36.7 Å². The number of aromatic nitrogens is 3. The summed E-state index contributed by atoms with van der Waals surface area (Å²) in [4.78, 5) is 30.2. The number of amides is 1. The molecule has 3 aliphatic heterocycles. The zero-order chi connectivity index (χ0) is 30.6. The summed E-state index contributed by atoms with van der Waals surface area (Å²) >= 11 is 0. The predicted octanol–water partition coefficient (Wildman–Crippen LogP) is 2.12. The molecule has 2 N–H and O–H groups in total. The Morgan fingerprint density at radius 3 is 2.64 bits per heavy atom. The molecule has 0 saturated carbocycles. The summed E-state index contributed by atoms with van der Waals surface area (Å²) in [6.07, 6.45) is -0.825. The van der Waals surface area contributed by atoms with Gasteiger partial charge in [0.15, 0.2) is 12.0 Å². The SMILES string of the molecule is N#Cc1cc(-c2ncnc(Nc3ccc(N4CCN(C5COC5)CC4)cc3F)n2)ccc1O[C@H]1CCN(C(=O)CO)CC1F. The molecule has 230 valence electrons. The van der Waals surface area contributed by atoms with E-state index >= 15 is 4.39 Å². The summed E-state index contributed by atoms with van der Waals surface area (Å²) in [5.41, 5.74) is 1.67. The third-order valence-electron chi connectivity index (χ3n) is 8.19. The number of nitriles is 1. The first kappa shape index (κ1) is 29.6. The molecule has 44 heavy (non-hydrogen) atoms. The van der Waals surface area contributed by atoms with Crippen LogP contribution in [0.1, 0.15) is 12.0 Å². The van der Waals surface area contributed by atoms with Gasteiger partial charge in [-0.2, -0.15) is 10.2 Å². The van der Waals surface area contributed by atoms with Crippen molar-refractivity contribution in [1.29, 1.82) is 5.26 Å². The molecule has 0 spiro atoms. The Bertz CT molecular complexity index is 1540. The Morgan fingerprint density at radius 1 is 1.14 bits per heavy atom. The zero-order valence-corrected chi connectivity index (χ0v) is 23.9. The van der Waals surface area contributed by atoms with Gasteiger partial charge in [0, 0.05) is 50.4 Å². The lowest BCUT2D eigenvalue weighted by Gasteiger charge is -2.43. The van der Waals surface area contributed by atoms with E-state index in [-0.39, 0.29) is 48.3 Å². The van der Waals surface area contributed by atoms with Gasteiger partial charge < -0.3 is 29.7 Å². The molecule has 2 atom stereocenters. The second-order valence-electron chi connectivity index (χ2n) is 10.9. The largest absolute Gasteiger partial charge is 0.486 e. The van der Waals surface area contributed by atoms with Gasteiger partial charge in [-0.15, -0.1) is 0 Å². The normalized spacial score (nSPS) is 21.0. The average Bonchev–Trinajstić information content (AvgIpc) is 3.02. The van der Waals surface area contributed by atoms with Crippen LogP contribution in [0, 0.1) is 17.1 Å². The van der Waals surface area contributed by atoms with E-state index in [1.807, 2.05) is 6.07 Å². The number of piperidine rings is 1. The molecule has 1 amide bonds. The quantitative estimate of drug-likeness (QED) is 0.390. The van der Waals surface area contributed by atoms with Crippen molar-refractivity contribution in [2.45, 2.75) is 24.7 Å². The zero-order valence-electron chi connectivity index (χ0n) is 23.9. The number of likely N-dealkylation sites (tertiary alicyclic amines) is 1. The number of nitrogens with one attached hydrogen (secondary N) is 1. The highest BCUT2D eigenvalue weighted by molar-refractivity contribution is 5.77. The van der Waals surface area contributed by atoms with E-state index in [9.17, 15) is 14.4 Å². The fraction of sp³-hybridized carbons (Fsp3) is 0.433. The van der Waals surface area contributed by atoms with Crippen molar-refractivity contribution in [3.05, 3.63) is 54.1 Å². The van der Waals surface area contributed by atoms with Crippen molar-refractivity contribution in [3.63, 3.8) is 0 Å². The second-order valence-corrected chi connectivity index (χ2v) is 10.9. The Kier molecular flexibility index (Phi) is 8.78. The number of ether oxygens (including phenoxy) is 2. The van der Waals surface area contributed by atoms with Crippen molar-refractivity contribution in [3.8, 4) is 23.2 Å². The molecule has 1 unspecified atom stereocenters. The van der Waals surface area contributed by atoms with Crippen LogP contribution in [0.3, 0.4) is 0 Å². The van der Waals surface area contributed by atoms with E-state index in [1.54, 1.807) is 18.2 Å². The van der Waals surface area contributed by atoms with Crippen LogP contribution in [0.2, 0.25) is 0 Å². The molecule has 3 saturated heterocycles. The fourth-order valence-corrected chi connectivity index (χ4v) is 5.56. The smallest absolute Gasteiger partial charge is 0.248 e. The van der Waals surface area contributed by atoms with E-state index < -0.39 is 30.6 Å². The van der Waals surface area contributed by atoms with Gasteiger partial charge in [0.05, 0.1) is 37.1 Å². The lowest BCUT2D eigenvalue weighted by atomic mass is 10.0. The highest BCUT2D eigenvalue weighted by Gasteiger charge is 2.33. The minimum atomic E-state index is -1.48. The molecule has 14 heteroatoms. The molecule has 0 bridgehead atoms. The van der Waals surface area contributed by atoms with Gasteiger partial charge in [-0.25, -0.2) is 18.7 Å². The predicted molar refractivity (Wildman–Crippen MR) is 156 cm³/mol. The van der Waals surface area contributed by atoms with Gasteiger partial charge in [-0.3, -0.25) is 9.69 Å². The van der Waals surface area contributed by atoms with Crippen LogP contribution in [-0.2, 0) is 9.53 Å². The first-order valence-corrected chi connectivity index (χ1v) is 14.5. The molecule has 6 rings (SSSR count). The molecule has 12 nitrogen and oxygen atoms in total. The fourth-order valence-electron chi connectivity index (χ4n) is 5.56. The number of anilines is 3. The summed E-state index contributed by atoms with van der Waals surface area (Å²) in [6.45, 7) is 4.38. The number of carbonyl (C=O) groups is 1. The molecular formula is C30H32F2N8O4. The number of hydrogen-bond donors (Lipinski definition) is 2. The Hall–Kier alpha value is -4.45. The lowest BCUT2D eigenvalue weighted by Crippen LogP contribution is -2.56. The summed E-state index contributed by atoms with van der Waals surface area (Å²) < 4.78 is 41.0. The maximum atomic E-state index is 15.1. The standard InChI is InChI=1S/C30H32F2N8O4/c31-23-12-21(38-7-9-39(10-8-38)22-16-43-17-22)2-3-25(23)36-30-35-18-34-29(37-30)19-1-4-26(20(11-19)13-33)44-27-5-6-40(14-24(27)32)28(42)15-41/h1-4,11-12,18,22,24,27,41H,5-10,14-17H2,(H,34,35,36,37)/t24?,27-/m0/s1. The Labute approximate surface area is 252 Å². The highest BCUT2D eigenvalue weighted by atomic mass is 19.1. The molecule has 3 fully saturated rings. The second kappa shape index (κ2) is 13.0. The average molecular weight is 607 g/mol. The van der Waals surface area contributed by atoms with Gasteiger partial charge in [0.25, 0.3) is 0 Å². The maximum Gasteiger partial charge on any atom is 0.248 e. The monoisotopic (exact) mass is 606 g/mol. The molecule has 0 aliphatic carbocycles. The van der Waals surface area contributed by atoms with E-state index in [2.05, 4.69) is 36.1 Å². The number of aliphatic hydroxyl groups is 1. The van der Waals surface area contributed by atoms with Gasteiger partial charge >= 0.3 is 0 Å². The summed E-state index contributed by atoms with van der Waals surface area (Å²) in [6, 6.07) is 12.3. The van der Waals surface area contributed by atoms with Gasteiger partial charge in [0.2, 0.25) is 11.9 Å². The number of nitrogens with zero attached hydrogens (tertiary/aromatic N) is 7. The van der Waals surface area contributed by atoms with E-state index in [0.717, 1.165) is 45.1 Å². The number of aliphatic hydroxyl groups excluding tert-OH is 1. The molecule has 0 radical (unpaired) electrons. The number of alkyl halides is 1. The van der Waals surface area contributed by atoms with Crippen molar-refractivity contribution >= 4 is 23.2 Å². The number of benzene rings is 2. The number of carbonyl (C=O) groups excluding carboxylic acids is 1. The summed E-state index contributed by atoms with van der Waals surface area (Å²) in [5, 5.41) is 21.7. The number of hydrogen-bond acceptors (Lipinski definition) is 11. The summed E-state index contributed by atoms with van der Waals surface area (Å²) in [5.74, 6) is -0.412. The first-order chi connectivity index (χ1) is 21.4. The van der Waals surface area contributed by atoms with Crippen molar-refractivity contribution < 1.29 is 28.2 Å². The number of rotatable bonds is 8. The molecule has 1 aromatic heterocycles. The Balaban J connectivity index is 1.10. The van der Waals surface area contributed by atoms with Crippen LogP contribution >= 0.6 is 0 Å². The molecule has 3 aliphatic rings. The first-order valence-electron chi connectivity index (χ1n) is 14.5. The lowest BCUT2D eigenvalue weighted by molar-refractivity contribution is -0.138. The molecule has 2 aromatic carbocycles. The minimum Gasteiger partial charge on any atom is -0.486 e. The minimum absolute atomic E-state index is 0.126. The Morgan fingerprint density at radius 2 is 1.95 bits per heavy atom. The number of piperazine rings is 1. The van der Waals surface area contributed by atoms with Crippen LogP contribution in [0.25, 0.3) is 11.4 Å². The maximum absolute atomic E-state index is 15.1. The third kappa shape index (κ3) is 6.40. The van der Waals surface area contributed by atoms with Crippen LogP contribution in [0.5, 0.6) is 5.75 Å². The van der Waals surface area contributed by atoms with Gasteiger partial charge in [-0.05, 0) is 36.4 Å². The van der Waals surface area contributed by atoms with E-state index in [0.29, 0.717) is 11.6 Å². The topological polar surface area (TPSA) is 140 Å². The van der Waals surface area contributed by atoms with Crippen molar-refractivity contribution in [2.24, 2.45) is 0 Å².